The van der Waals surface area contributed by atoms with Gasteiger partial charge in [-0.1, -0.05) is 13.8 Å². The first-order valence-corrected chi connectivity index (χ1v) is 6.06. The molecule has 0 amide bonds. The van der Waals surface area contributed by atoms with Gasteiger partial charge in [0.25, 0.3) is 0 Å². The Labute approximate surface area is 105 Å². The van der Waals surface area contributed by atoms with E-state index in [2.05, 4.69) is 10.3 Å². The van der Waals surface area contributed by atoms with E-state index in [9.17, 15) is 8.78 Å². The number of rotatable bonds is 3. The van der Waals surface area contributed by atoms with Crippen LogP contribution in [0.2, 0.25) is 0 Å². The molecule has 1 aromatic carbocycles. The van der Waals surface area contributed by atoms with E-state index < -0.39 is 11.6 Å². The highest BCUT2D eigenvalue weighted by atomic mass is 19.1. The summed E-state index contributed by atoms with van der Waals surface area (Å²) in [6.45, 7) is 6.61. The molecule has 18 heavy (non-hydrogen) atoms. The first-order chi connectivity index (χ1) is 8.52. The molecule has 0 bridgehead atoms. The second-order valence-corrected chi connectivity index (χ2v) is 4.56. The monoisotopic (exact) mass is 250 g/mol. The van der Waals surface area contributed by atoms with Crippen molar-refractivity contribution in [2.75, 3.05) is 11.9 Å². The second-order valence-electron chi connectivity index (χ2n) is 4.56. The molecule has 0 spiro atoms. The van der Waals surface area contributed by atoms with Crippen molar-refractivity contribution >= 4 is 16.6 Å². The Morgan fingerprint density at radius 2 is 1.94 bits per heavy atom. The van der Waals surface area contributed by atoms with Gasteiger partial charge in [0.2, 0.25) is 0 Å². The third kappa shape index (κ3) is 2.28. The molecule has 2 aromatic rings. The molecule has 0 unspecified atom stereocenters. The molecule has 96 valence electrons. The summed E-state index contributed by atoms with van der Waals surface area (Å²) in [4.78, 5) is 4.28. The lowest BCUT2D eigenvalue weighted by molar-refractivity contribution is 0.590. The van der Waals surface area contributed by atoms with Gasteiger partial charge in [0.1, 0.15) is 11.3 Å². The Morgan fingerprint density at radius 3 is 2.56 bits per heavy atom. The summed E-state index contributed by atoms with van der Waals surface area (Å²) in [5.41, 5.74) is 1.74. The minimum atomic E-state index is -0.619. The first-order valence-electron chi connectivity index (χ1n) is 6.06. The average Bonchev–Trinajstić information content (AvgIpc) is 2.29. The molecule has 2 nitrogen and oxygen atoms in total. The lowest BCUT2D eigenvalue weighted by atomic mass is 10.1. The van der Waals surface area contributed by atoms with Crippen molar-refractivity contribution in [1.82, 2.24) is 4.98 Å². The molecule has 1 N–H and O–H groups in total. The quantitative estimate of drug-likeness (QED) is 0.888. The van der Waals surface area contributed by atoms with Crippen LogP contribution < -0.4 is 5.32 Å². The number of nitrogens with one attached hydrogen (secondary N) is 1. The summed E-state index contributed by atoms with van der Waals surface area (Å²) in [5, 5.41) is 3.61. The number of aromatic nitrogens is 1. The van der Waals surface area contributed by atoms with Crippen LogP contribution >= 0.6 is 0 Å². The van der Waals surface area contributed by atoms with Gasteiger partial charge in [-0.3, -0.25) is 0 Å². The van der Waals surface area contributed by atoms with E-state index in [1.54, 1.807) is 0 Å². The van der Waals surface area contributed by atoms with Crippen LogP contribution in [0.25, 0.3) is 10.9 Å². The third-order valence-electron chi connectivity index (χ3n) is 2.81. The fraction of sp³-hybridized carbons (Fsp3) is 0.357. The third-order valence-corrected chi connectivity index (χ3v) is 2.81. The van der Waals surface area contributed by atoms with Gasteiger partial charge in [-0.25, -0.2) is 13.8 Å². The van der Waals surface area contributed by atoms with Crippen LogP contribution in [0, 0.1) is 11.6 Å². The van der Waals surface area contributed by atoms with Crippen LogP contribution in [0.15, 0.2) is 18.2 Å². The van der Waals surface area contributed by atoms with E-state index in [1.807, 2.05) is 26.8 Å². The maximum Gasteiger partial charge on any atom is 0.152 e. The molecular weight excluding hydrogens is 234 g/mol. The molecule has 4 heteroatoms. The van der Waals surface area contributed by atoms with E-state index >= 15 is 0 Å². The van der Waals surface area contributed by atoms with Gasteiger partial charge in [0.05, 0.1) is 0 Å². The van der Waals surface area contributed by atoms with Gasteiger partial charge in [-0.05, 0) is 25.0 Å². The maximum absolute atomic E-state index is 13.8. The Hall–Kier alpha value is -1.71. The number of hydrogen-bond donors (Lipinski definition) is 1. The molecule has 0 radical (unpaired) electrons. The van der Waals surface area contributed by atoms with E-state index in [1.165, 1.54) is 6.07 Å². The molecule has 0 fully saturated rings. The van der Waals surface area contributed by atoms with Gasteiger partial charge in [0.15, 0.2) is 5.82 Å². The summed E-state index contributed by atoms with van der Waals surface area (Å²) in [7, 11) is 0. The molecule has 1 aromatic heterocycles. The van der Waals surface area contributed by atoms with Gasteiger partial charge in [-0.15, -0.1) is 0 Å². The van der Waals surface area contributed by atoms with Crippen molar-refractivity contribution < 1.29 is 8.78 Å². The van der Waals surface area contributed by atoms with Crippen molar-refractivity contribution in [2.24, 2.45) is 0 Å². The number of hydrogen-bond acceptors (Lipinski definition) is 2. The fourth-order valence-corrected chi connectivity index (χ4v) is 1.90. The standard InChI is InChI=1S/C14H16F2N2/c1-4-17-13-7-12(8(2)3)18-14-10(13)5-9(15)6-11(14)16/h5-8H,4H2,1-3H3,(H,17,18). The molecule has 0 saturated heterocycles. The van der Waals surface area contributed by atoms with Gasteiger partial charge in [0, 0.05) is 29.4 Å². The van der Waals surface area contributed by atoms with Crippen LogP contribution in [0.1, 0.15) is 32.4 Å². The smallest absolute Gasteiger partial charge is 0.152 e. The van der Waals surface area contributed by atoms with Crippen LogP contribution in [-0.2, 0) is 0 Å². The molecular formula is C14H16F2N2. The summed E-state index contributed by atoms with van der Waals surface area (Å²) >= 11 is 0. The van der Waals surface area contributed by atoms with Crippen molar-refractivity contribution in [1.29, 1.82) is 0 Å². The zero-order chi connectivity index (χ0) is 13.3. The topological polar surface area (TPSA) is 24.9 Å². The van der Waals surface area contributed by atoms with Gasteiger partial charge < -0.3 is 5.32 Å². The minimum absolute atomic E-state index is 0.191. The Kier molecular flexibility index (Phi) is 3.45. The highest BCUT2D eigenvalue weighted by Gasteiger charge is 2.12. The summed E-state index contributed by atoms with van der Waals surface area (Å²) < 4.78 is 27.1. The molecule has 0 aliphatic carbocycles. The number of nitrogens with zero attached hydrogens (tertiary/aromatic N) is 1. The minimum Gasteiger partial charge on any atom is -0.385 e. The zero-order valence-electron chi connectivity index (χ0n) is 10.7. The van der Waals surface area contributed by atoms with Crippen LogP contribution in [0.4, 0.5) is 14.5 Å². The van der Waals surface area contributed by atoms with E-state index in [-0.39, 0.29) is 11.4 Å². The SMILES string of the molecule is CCNc1cc(C(C)C)nc2c(F)cc(F)cc12. The normalized spacial score (nSPS) is 11.2. The lowest BCUT2D eigenvalue weighted by Gasteiger charge is -2.13. The second kappa shape index (κ2) is 4.88. The van der Waals surface area contributed by atoms with Crippen molar-refractivity contribution in [2.45, 2.75) is 26.7 Å². The van der Waals surface area contributed by atoms with Gasteiger partial charge in [-0.2, -0.15) is 0 Å². The fourth-order valence-electron chi connectivity index (χ4n) is 1.90. The molecule has 0 aliphatic heterocycles. The molecule has 0 aliphatic rings. The number of benzene rings is 1. The average molecular weight is 250 g/mol. The van der Waals surface area contributed by atoms with Crippen molar-refractivity contribution in [3.8, 4) is 0 Å². The van der Waals surface area contributed by atoms with Crippen LogP contribution in [0.3, 0.4) is 0 Å². The van der Waals surface area contributed by atoms with Crippen molar-refractivity contribution in [3.05, 3.63) is 35.5 Å². The Balaban J connectivity index is 2.76. The number of anilines is 1. The van der Waals surface area contributed by atoms with E-state index in [4.69, 9.17) is 0 Å². The van der Waals surface area contributed by atoms with Gasteiger partial charge >= 0.3 is 0 Å². The predicted molar refractivity (Wildman–Crippen MR) is 69.9 cm³/mol. The van der Waals surface area contributed by atoms with E-state index in [0.29, 0.717) is 11.9 Å². The van der Waals surface area contributed by atoms with Crippen molar-refractivity contribution in [3.63, 3.8) is 0 Å². The number of halogens is 2. The highest BCUT2D eigenvalue weighted by Crippen LogP contribution is 2.28. The van der Waals surface area contributed by atoms with Crippen LogP contribution in [-0.4, -0.2) is 11.5 Å². The summed E-state index contributed by atoms with van der Waals surface area (Å²) in [6.07, 6.45) is 0. The predicted octanol–water partition coefficient (Wildman–Crippen LogP) is 4.07. The molecule has 1 heterocycles. The lowest BCUT2D eigenvalue weighted by Crippen LogP contribution is -2.03. The summed E-state index contributed by atoms with van der Waals surface area (Å²) in [5.74, 6) is -1.01. The van der Waals surface area contributed by atoms with E-state index in [0.717, 1.165) is 17.4 Å². The molecule has 0 saturated carbocycles. The van der Waals surface area contributed by atoms with Crippen LogP contribution in [0.5, 0.6) is 0 Å². The summed E-state index contributed by atoms with van der Waals surface area (Å²) in [6, 6.07) is 4.04. The highest BCUT2D eigenvalue weighted by molar-refractivity contribution is 5.92. The zero-order valence-corrected chi connectivity index (χ0v) is 10.7. The number of pyridine rings is 1. The molecule has 0 atom stereocenters. The molecule has 2 rings (SSSR count). The largest absolute Gasteiger partial charge is 0.385 e. The Bertz CT molecular complexity index is 580. The maximum atomic E-state index is 13.8. The number of fused-ring (bicyclic) bond motifs is 1. The Morgan fingerprint density at radius 1 is 1.22 bits per heavy atom. The first kappa shape index (κ1) is 12.7.